The van der Waals surface area contributed by atoms with E-state index in [9.17, 15) is 0 Å². The molecule has 0 atom stereocenters. The number of hydrogen-bond donors (Lipinski definition) is 0. The van der Waals surface area contributed by atoms with E-state index >= 15 is 0 Å². The molecule has 0 aromatic heterocycles. The fraction of sp³-hybridized carbons (Fsp3) is 0.189. The Morgan fingerprint density at radius 3 is 0.964 bits per heavy atom. The van der Waals surface area contributed by atoms with E-state index in [1.807, 2.05) is 132 Å². The molecule has 2 aliphatic heterocycles. The molecular formula is C74H78B2N2Y6-3. The molecule has 411 valence electrons. The number of hydrogen-bond acceptors (Lipinski definition) is 2. The van der Waals surface area contributed by atoms with Crippen molar-refractivity contribution < 1.29 is 196 Å². The number of benzene rings is 10. The number of rotatable bonds is 7. The van der Waals surface area contributed by atoms with Crippen molar-refractivity contribution in [1.29, 1.82) is 0 Å². The SMILES string of the molecule is CC.CC.CC.CC.CC.CC.[B](c1ccccc1)c1ccc(N2c3ccccc3Cc3ccccc32)cc1-c1[c-]cccc1.[B]c1c(-c2[c-]cccc2)cc(N2c3ccccc3Cc3ccccc32)cc1-c1[c-]cccc1.[Y].[Y].[Y].[Y].[Y].[Y]. The van der Waals surface area contributed by atoms with Crippen LogP contribution < -0.4 is 26.2 Å². The topological polar surface area (TPSA) is 6.48 Å². The maximum Gasteiger partial charge on any atom is 0.179 e. The Labute approximate surface area is 661 Å². The first-order valence-corrected chi connectivity index (χ1v) is 28.5. The van der Waals surface area contributed by atoms with Gasteiger partial charge in [-0.05, 0) is 52.6 Å². The van der Waals surface area contributed by atoms with Gasteiger partial charge in [0.15, 0.2) is 7.28 Å². The normalized spacial score (nSPS) is 9.95. The van der Waals surface area contributed by atoms with Crippen LogP contribution >= 0.6 is 0 Å². The molecule has 0 unspecified atom stereocenters. The maximum absolute atomic E-state index is 6.78. The molecule has 0 bridgehead atoms. The summed E-state index contributed by atoms with van der Waals surface area (Å²) in [4.78, 5) is 4.75. The number of nitrogens with zero attached hydrogens (tertiary/aromatic N) is 2. The van der Waals surface area contributed by atoms with Gasteiger partial charge >= 0.3 is 0 Å². The van der Waals surface area contributed by atoms with Crippen LogP contribution in [0.15, 0.2) is 231 Å². The van der Waals surface area contributed by atoms with Crippen molar-refractivity contribution >= 4 is 65.6 Å². The molecule has 2 nitrogen and oxygen atoms in total. The molecule has 0 spiro atoms. The Kier molecular flexibility index (Phi) is 47.8. The summed E-state index contributed by atoms with van der Waals surface area (Å²) in [5, 5.41) is 0. The molecule has 0 aliphatic carbocycles. The summed E-state index contributed by atoms with van der Waals surface area (Å²) in [5.74, 6) is 0. The summed E-state index contributed by atoms with van der Waals surface area (Å²) in [6, 6.07) is 90.7. The van der Waals surface area contributed by atoms with Crippen LogP contribution in [0.3, 0.4) is 0 Å². The minimum Gasteiger partial charge on any atom is -0.311 e. The fourth-order valence-corrected chi connectivity index (χ4v) is 9.41. The van der Waals surface area contributed by atoms with E-state index in [2.05, 4.69) is 217 Å². The summed E-state index contributed by atoms with van der Waals surface area (Å²) < 4.78 is 0. The van der Waals surface area contributed by atoms with Crippen LogP contribution in [0.4, 0.5) is 34.1 Å². The average molecular weight is 1550 g/mol. The molecule has 9 radical (unpaired) electrons. The van der Waals surface area contributed by atoms with Gasteiger partial charge in [-0.3, -0.25) is 0 Å². The first-order chi connectivity index (χ1) is 38.7. The Hall–Kier alpha value is -1.45. The summed E-state index contributed by atoms with van der Waals surface area (Å²) in [5.41, 5.74) is 21.8. The van der Waals surface area contributed by atoms with Gasteiger partial charge in [-0.25, -0.2) is 0 Å². The Bertz CT molecular complexity index is 3180. The van der Waals surface area contributed by atoms with Crippen molar-refractivity contribution in [2.24, 2.45) is 0 Å². The first kappa shape index (κ1) is 84.6. The molecule has 10 aromatic rings. The Balaban J connectivity index is 0. The molecule has 84 heavy (non-hydrogen) atoms. The van der Waals surface area contributed by atoms with E-state index in [-0.39, 0.29) is 196 Å². The van der Waals surface area contributed by atoms with E-state index in [1.165, 1.54) is 61.5 Å². The van der Waals surface area contributed by atoms with Gasteiger partial charge in [-0.1, -0.05) is 216 Å². The van der Waals surface area contributed by atoms with Gasteiger partial charge in [-0.15, -0.1) is 130 Å². The van der Waals surface area contributed by atoms with Crippen LogP contribution in [-0.2, 0) is 209 Å². The van der Waals surface area contributed by atoms with Crippen LogP contribution in [0.1, 0.15) is 105 Å². The van der Waals surface area contributed by atoms with Gasteiger partial charge in [-0.2, -0.15) is 5.46 Å². The largest absolute Gasteiger partial charge is 0.311 e. The van der Waals surface area contributed by atoms with Gasteiger partial charge in [0.05, 0.1) is 7.85 Å². The summed E-state index contributed by atoms with van der Waals surface area (Å²) in [7, 11) is 9.02. The average Bonchev–Trinajstić information content (AvgIpc) is 2.83. The second-order valence-electron chi connectivity index (χ2n) is 16.6. The second-order valence-corrected chi connectivity index (χ2v) is 16.6. The summed E-state index contributed by atoms with van der Waals surface area (Å²) in [6.45, 7) is 24.0. The van der Waals surface area contributed by atoms with Crippen molar-refractivity contribution in [1.82, 2.24) is 0 Å². The first-order valence-electron chi connectivity index (χ1n) is 28.5. The second kappa shape index (κ2) is 47.5. The maximum atomic E-state index is 6.78. The third-order valence-electron chi connectivity index (χ3n) is 12.5. The zero-order chi connectivity index (χ0) is 56.2. The predicted octanol–water partition coefficient (Wildman–Crippen LogP) is 19.1. The minimum atomic E-state index is 0. The monoisotopic (exact) mass is 1550 g/mol. The summed E-state index contributed by atoms with van der Waals surface area (Å²) in [6.07, 6.45) is 1.89. The Morgan fingerprint density at radius 2 is 0.619 bits per heavy atom. The zero-order valence-electron chi connectivity index (χ0n) is 51.9. The molecule has 0 N–H and O–H groups in total. The Morgan fingerprint density at radius 1 is 0.321 bits per heavy atom. The molecule has 2 heterocycles. The van der Waals surface area contributed by atoms with Crippen molar-refractivity contribution in [3.63, 3.8) is 0 Å². The number of para-hydroxylation sites is 4. The molecule has 10 heteroatoms. The third kappa shape index (κ3) is 22.2. The number of fused-ring (bicyclic) bond motifs is 4. The molecular weight excluding hydrogens is 1470 g/mol. The quantitative estimate of drug-likeness (QED) is 0.116. The molecule has 0 saturated carbocycles. The van der Waals surface area contributed by atoms with E-state index in [1.54, 1.807) is 0 Å². The molecule has 12 rings (SSSR count). The number of anilines is 6. The minimum absolute atomic E-state index is 0. The van der Waals surface area contributed by atoms with Crippen molar-refractivity contribution in [3.05, 3.63) is 271 Å². The van der Waals surface area contributed by atoms with Gasteiger partial charge in [0.2, 0.25) is 0 Å². The third-order valence-corrected chi connectivity index (χ3v) is 12.5. The van der Waals surface area contributed by atoms with Crippen molar-refractivity contribution in [3.8, 4) is 33.4 Å². The van der Waals surface area contributed by atoms with Crippen LogP contribution in [-0.4, -0.2) is 15.1 Å². The van der Waals surface area contributed by atoms with Crippen LogP contribution in [0.5, 0.6) is 0 Å². The van der Waals surface area contributed by atoms with E-state index < -0.39 is 0 Å². The molecule has 0 fully saturated rings. The molecule has 0 saturated heterocycles. The van der Waals surface area contributed by atoms with Crippen LogP contribution in [0.25, 0.3) is 33.4 Å². The molecule has 0 amide bonds. The zero-order valence-corrected chi connectivity index (χ0v) is 68.9. The molecule has 2 aliphatic rings. The van der Waals surface area contributed by atoms with Crippen molar-refractivity contribution in [2.75, 3.05) is 9.80 Å². The summed E-state index contributed by atoms with van der Waals surface area (Å²) >= 11 is 0. The van der Waals surface area contributed by atoms with Crippen molar-refractivity contribution in [2.45, 2.75) is 95.9 Å². The smallest absolute Gasteiger partial charge is 0.179 e. The van der Waals surface area contributed by atoms with Crippen LogP contribution in [0.2, 0.25) is 0 Å². The van der Waals surface area contributed by atoms with E-state index in [0.29, 0.717) is 0 Å². The van der Waals surface area contributed by atoms with Gasteiger partial charge < -0.3 is 9.80 Å². The van der Waals surface area contributed by atoms with E-state index in [4.69, 9.17) is 7.85 Å². The predicted molar refractivity (Wildman–Crippen MR) is 346 cm³/mol. The fourth-order valence-electron chi connectivity index (χ4n) is 9.41. The van der Waals surface area contributed by atoms with E-state index in [0.717, 1.165) is 57.5 Å². The van der Waals surface area contributed by atoms with Gasteiger partial charge in [0, 0.05) is 243 Å². The molecule has 10 aromatic carbocycles. The van der Waals surface area contributed by atoms with Gasteiger partial charge in [0.25, 0.3) is 0 Å². The van der Waals surface area contributed by atoms with Crippen LogP contribution in [0, 0.1) is 18.2 Å². The van der Waals surface area contributed by atoms with Gasteiger partial charge in [0.1, 0.15) is 0 Å². The standard InChI is InChI=1S/C31H22BN.C31H20BN.6C2H6.6Y/c1-3-11-23(12-4-1)28-22-27(19-20-29(28)32-26-15-5-2-6-16-26)33-30-17-9-7-13-24(30)21-25-14-8-10-18-31(25)33;32-31-27(22-11-3-1-4-12-22)20-26(21-28(31)23-13-5-2-6-14-23)33-29-17-9-7-15-24(29)19-25-16-8-10-18-30(25)33;6*1-2;;;;;;/h1-11,13-20,22H,21H2;1-11,13,15-18,20-21H,19H2;6*1-2H3;;;;;;/q-1;-2;;;;;;;;;;;;.